The van der Waals surface area contributed by atoms with E-state index >= 15 is 0 Å². The molecule has 0 aliphatic rings. The molecule has 1 aromatic heterocycles. The van der Waals surface area contributed by atoms with Crippen LogP contribution in [0.4, 0.5) is 10.5 Å². The summed E-state index contributed by atoms with van der Waals surface area (Å²) in [5.74, 6) is 0.383. The third-order valence-electron chi connectivity index (χ3n) is 5.52. The molecule has 2 N–H and O–H groups in total. The highest BCUT2D eigenvalue weighted by Gasteiger charge is 2.20. The molecule has 12 heteroatoms. The molecule has 0 radical (unpaired) electrons. The van der Waals surface area contributed by atoms with Crippen molar-refractivity contribution in [3.05, 3.63) is 65.5 Å². The van der Waals surface area contributed by atoms with Gasteiger partial charge in [0.25, 0.3) is 0 Å². The minimum Gasteiger partial charge on any atom is -0.438 e. The lowest BCUT2D eigenvalue weighted by Gasteiger charge is -2.19. The van der Waals surface area contributed by atoms with Crippen molar-refractivity contribution in [2.45, 2.75) is 32.6 Å². The van der Waals surface area contributed by atoms with Crippen LogP contribution in [0.5, 0.6) is 0 Å². The number of carbonyl (C=O) groups is 2. The van der Waals surface area contributed by atoms with Crippen molar-refractivity contribution >= 4 is 17.7 Å². The summed E-state index contributed by atoms with van der Waals surface area (Å²) in [5, 5.41) is 28.4. The predicted molar refractivity (Wildman–Crippen MR) is 138 cm³/mol. The molecule has 0 spiro atoms. The zero-order valence-electron chi connectivity index (χ0n) is 21.7. The number of anilines is 1. The Kier molecular flexibility index (Phi) is 11.0. The molecule has 12 nitrogen and oxygen atoms in total. The number of aliphatic hydroxyl groups is 1. The van der Waals surface area contributed by atoms with Gasteiger partial charge in [-0.2, -0.15) is 0 Å². The van der Waals surface area contributed by atoms with Crippen LogP contribution < -0.4 is 10.2 Å². The Morgan fingerprint density at radius 2 is 1.61 bits per heavy atom. The number of ether oxygens (including phenoxy) is 3. The van der Waals surface area contributed by atoms with Crippen LogP contribution in [-0.2, 0) is 32.2 Å². The van der Waals surface area contributed by atoms with Gasteiger partial charge in [-0.25, -0.2) is 4.79 Å². The molecule has 3 aromatic rings. The zero-order chi connectivity index (χ0) is 27.3. The second kappa shape index (κ2) is 14.7. The van der Waals surface area contributed by atoms with Gasteiger partial charge >= 0.3 is 6.09 Å². The van der Waals surface area contributed by atoms with Gasteiger partial charge in [-0.05, 0) is 30.2 Å². The fourth-order valence-corrected chi connectivity index (χ4v) is 3.20. The molecule has 0 fully saturated rings. The standard InChI is InChI=1S/C26H32N6O6/c1-18(38-26(35)32(2)22-10-6-20(17-33)7-11-22)24-28-30-25(31-29-24)21-8-4-19(5-9-21)16-27-23(34)12-13-37-15-14-36-3/h4-11,18,33H,12-17H2,1-3H3,(H,27,34). The van der Waals surface area contributed by atoms with Crippen molar-refractivity contribution in [2.24, 2.45) is 0 Å². The number of amides is 2. The van der Waals surface area contributed by atoms with E-state index in [-0.39, 0.29) is 24.8 Å². The monoisotopic (exact) mass is 524 g/mol. The average molecular weight is 525 g/mol. The van der Waals surface area contributed by atoms with Gasteiger partial charge in [0.1, 0.15) is 0 Å². The highest BCUT2D eigenvalue weighted by atomic mass is 16.6. The molecule has 2 aromatic carbocycles. The number of nitrogens with one attached hydrogen (secondary N) is 1. The van der Waals surface area contributed by atoms with Crippen molar-refractivity contribution in [1.82, 2.24) is 25.7 Å². The number of rotatable bonds is 13. The van der Waals surface area contributed by atoms with E-state index < -0.39 is 12.2 Å². The molecule has 0 saturated carbocycles. The van der Waals surface area contributed by atoms with Crippen molar-refractivity contribution < 1.29 is 28.9 Å². The number of aliphatic hydroxyl groups excluding tert-OH is 1. The normalized spacial score (nSPS) is 11.6. The molecular weight excluding hydrogens is 492 g/mol. The number of aromatic nitrogens is 4. The molecule has 2 amide bonds. The maximum absolute atomic E-state index is 12.5. The third kappa shape index (κ3) is 8.54. The van der Waals surface area contributed by atoms with E-state index in [0.717, 1.165) is 11.1 Å². The number of nitrogens with zero attached hydrogens (tertiary/aromatic N) is 5. The van der Waals surface area contributed by atoms with Gasteiger partial charge in [-0.1, -0.05) is 36.4 Å². The lowest BCUT2D eigenvalue weighted by molar-refractivity contribution is -0.122. The molecule has 202 valence electrons. The number of hydrogen-bond donors (Lipinski definition) is 2. The first-order valence-corrected chi connectivity index (χ1v) is 12.1. The Morgan fingerprint density at radius 1 is 0.947 bits per heavy atom. The lowest BCUT2D eigenvalue weighted by atomic mass is 10.1. The van der Waals surface area contributed by atoms with Crippen LogP contribution in [0.25, 0.3) is 11.4 Å². The smallest absolute Gasteiger partial charge is 0.414 e. The highest BCUT2D eigenvalue weighted by molar-refractivity contribution is 5.87. The zero-order valence-corrected chi connectivity index (χ0v) is 21.7. The second-order valence-corrected chi connectivity index (χ2v) is 8.32. The molecule has 0 bridgehead atoms. The Hall–Kier alpha value is -4.00. The first-order chi connectivity index (χ1) is 18.4. The van der Waals surface area contributed by atoms with Crippen LogP contribution in [0.2, 0.25) is 0 Å². The summed E-state index contributed by atoms with van der Waals surface area (Å²) in [6.07, 6.45) is -1.09. The summed E-state index contributed by atoms with van der Waals surface area (Å²) < 4.78 is 15.6. The molecule has 3 rings (SSSR count). The molecule has 0 aliphatic carbocycles. The maximum atomic E-state index is 12.5. The van der Waals surface area contributed by atoms with Crippen LogP contribution in [0.15, 0.2) is 48.5 Å². The van der Waals surface area contributed by atoms with Crippen LogP contribution in [0, 0.1) is 0 Å². The van der Waals surface area contributed by atoms with Gasteiger partial charge in [0.2, 0.25) is 17.6 Å². The quantitative estimate of drug-likeness (QED) is 0.319. The van der Waals surface area contributed by atoms with Gasteiger partial charge in [0, 0.05) is 38.4 Å². The van der Waals surface area contributed by atoms with Gasteiger partial charge < -0.3 is 24.6 Å². The van der Waals surface area contributed by atoms with Crippen LogP contribution in [-0.4, -0.2) is 71.5 Å². The molecule has 1 unspecified atom stereocenters. The molecular formula is C26H32N6O6. The largest absolute Gasteiger partial charge is 0.438 e. The van der Waals surface area contributed by atoms with Crippen molar-refractivity contribution in [3.8, 4) is 11.4 Å². The molecule has 0 saturated heterocycles. The number of benzene rings is 2. The summed E-state index contributed by atoms with van der Waals surface area (Å²) in [4.78, 5) is 25.8. The fourth-order valence-electron chi connectivity index (χ4n) is 3.20. The van der Waals surface area contributed by atoms with E-state index in [9.17, 15) is 9.59 Å². The number of carbonyl (C=O) groups excluding carboxylic acids is 2. The summed E-state index contributed by atoms with van der Waals surface area (Å²) in [6.45, 7) is 3.24. The van der Waals surface area contributed by atoms with Gasteiger partial charge in [0.15, 0.2) is 6.10 Å². The van der Waals surface area contributed by atoms with Gasteiger partial charge in [-0.15, -0.1) is 20.4 Å². The van der Waals surface area contributed by atoms with E-state index in [0.29, 0.717) is 43.4 Å². The van der Waals surface area contributed by atoms with E-state index in [1.807, 2.05) is 24.3 Å². The van der Waals surface area contributed by atoms with Gasteiger partial charge in [0.05, 0.1) is 26.4 Å². The van der Waals surface area contributed by atoms with E-state index in [2.05, 4.69) is 25.7 Å². The van der Waals surface area contributed by atoms with E-state index in [1.54, 1.807) is 45.3 Å². The molecule has 38 heavy (non-hydrogen) atoms. The Labute approximate surface area is 221 Å². The van der Waals surface area contributed by atoms with Crippen molar-refractivity contribution in [2.75, 3.05) is 38.9 Å². The average Bonchev–Trinajstić information content (AvgIpc) is 2.96. The topological polar surface area (TPSA) is 149 Å². The minimum atomic E-state index is -0.771. The SMILES string of the molecule is COCCOCCC(=O)NCc1ccc(-c2nnc(C(C)OC(=O)N(C)c3ccc(CO)cc3)nn2)cc1. The first kappa shape index (κ1) is 28.6. The van der Waals surface area contributed by atoms with Crippen LogP contribution in [0.1, 0.15) is 36.4 Å². The fraction of sp³-hybridized carbons (Fsp3) is 0.385. The van der Waals surface area contributed by atoms with Crippen LogP contribution in [0.3, 0.4) is 0 Å². The maximum Gasteiger partial charge on any atom is 0.414 e. The summed E-state index contributed by atoms with van der Waals surface area (Å²) in [5.41, 5.74) is 2.97. The first-order valence-electron chi connectivity index (χ1n) is 12.1. The lowest BCUT2D eigenvalue weighted by Crippen LogP contribution is -2.28. The number of hydrogen-bond acceptors (Lipinski definition) is 10. The Morgan fingerprint density at radius 3 is 2.24 bits per heavy atom. The van der Waals surface area contributed by atoms with Crippen LogP contribution >= 0.6 is 0 Å². The summed E-state index contributed by atoms with van der Waals surface area (Å²) in [7, 11) is 3.18. The summed E-state index contributed by atoms with van der Waals surface area (Å²) in [6, 6.07) is 14.2. The predicted octanol–water partition coefficient (Wildman–Crippen LogP) is 2.43. The second-order valence-electron chi connectivity index (χ2n) is 8.32. The Bertz CT molecular complexity index is 1160. The summed E-state index contributed by atoms with van der Waals surface area (Å²) >= 11 is 0. The molecule has 1 heterocycles. The molecule has 1 atom stereocenters. The van der Waals surface area contributed by atoms with E-state index in [4.69, 9.17) is 19.3 Å². The minimum absolute atomic E-state index is 0.0757. The highest BCUT2D eigenvalue weighted by Crippen LogP contribution is 2.19. The van der Waals surface area contributed by atoms with Gasteiger partial charge in [-0.3, -0.25) is 9.69 Å². The van der Waals surface area contributed by atoms with Crippen molar-refractivity contribution in [1.29, 1.82) is 0 Å². The Balaban J connectivity index is 1.48. The third-order valence-corrected chi connectivity index (χ3v) is 5.52. The van der Waals surface area contributed by atoms with Crippen molar-refractivity contribution in [3.63, 3.8) is 0 Å². The van der Waals surface area contributed by atoms with E-state index in [1.165, 1.54) is 4.90 Å². The molecule has 0 aliphatic heterocycles. The number of methoxy groups -OCH3 is 1.